The molecule has 0 aromatic carbocycles. The van der Waals surface area contributed by atoms with Crippen molar-refractivity contribution >= 4 is 5.91 Å². The molecule has 0 aromatic heterocycles. The van der Waals surface area contributed by atoms with Gasteiger partial charge < -0.3 is 89.9 Å². The molecule has 0 bridgehead atoms. The third-order valence-electron chi connectivity index (χ3n) is 19.2. The molecule has 3 aliphatic heterocycles. The summed E-state index contributed by atoms with van der Waals surface area (Å²) in [6, 6.07) is -0.996. The number of unbranched alkanes of at least 4 members (excludes halogenated alkanes) is 35. The summed E-state index contributed by atoms with van der Waals surface area (Å²) in [4.78, 5) is 13.4. The lowest BCUT2D eigenvalue weighted by Crippen LogP contribution is -2.66. The van der Waals surface area contributed by atoms with E-state index in [4.69, 9.17) is 28.4 Å². The number of nitrogens with one attached hydrogen (secondary N) is 1. The minimum absolute atomic E-state index is 0.233. The van der Waals surface area contributed by atoms with Crippen LogP contribution in [0.15, 0.2) is 72.9 Å². The first kappa shape index (κ1) is 89.4. The zero-order chi connectivity index (χ0) is 71.1. The number of aliphatic hydroxyl groups excluding tert-OH is 11. The second kappa shape index (κ2) is 59.6. The molecule has 0 radical (unpaired) electrons. The maximum Gasteiger partial charge on any atom is 0.220 e. The lowest BCUT2D eigenvalue weighted by atomic mass is 9.96. The van der Waals surface area contributed by atoms with Gasteiger partial charge in [-0.25, -0.2) is 0 Å². The van der Waals surface area contributed by atoms with E-state index in [-0.39, 0.29) is 18.9 Å². The lowest BCUT2D eigenvalue weighted by molar-refractivity contribution is -0.379. The second-order valence-electron chi connectivity index (χ2n) is 27.8. The molecule has 17 unspecified atom stereocenters. The van der Waals surface area contributed by atoms with Gasteiger partial charge in [-0.05, 0) is 77.0 Å². The molecule has 3 rings (SSSR count). The zero-order valence-electron chi connectivity index (χ0n) is 60.8. The lowest BCUT2D eigenvalue weighted by Gasteiger charge is -2.48. The van der Waals surface area contributed by atoms with E-state index >= 15 is 0 Å². The summed E-state index contributed by atoms with van der Waals surface area (Å²) >= 11 is 0. The van der Waals surface area contributed by atoms with Crippen molar-refractivity contribution in [1.82, 2.24) is 5.32 Å². The van der Waals surface area contributed by atoms with E-state index in [0.717, 1.165) is 57.8 Å². The highest BCUT2D eigenvalue weighted by atomic mass is 16.8. The Morgan fingerprint density at radius 2 is 0.694 bits per heavy atom. The number of aliphatic hydroxyl groups is 11. The molecule has 3 fully saturated rings. The zero-order valence-corrected chi connectivity index (χ0v) is 60.8. The Morgan fingerprint density at radius 3 is 1.12 bits per heavy atom. The molecule has 570 valence electrons. The first-order valence-electron chi connectivity index (χ1n) is 39.2. The number of rotatable bonds is 61. The number of carbonyl (C=O) groups is 1. The van der Waals surface area contributed by atoms with Crippen LogP contribution in [0.2, 0.25) is 0 Å². The first-order chi connectivity index (χ1) is 47.8. The van der Waals surface area contributed by atoms with Crippen molar-refractivity contribution in [3.8, 4) is 0 Å². The van der Waals surface area contributed by atoms with Gasteiger partial charge in [0, 0.05) is 6.42 Å². The highest BCUT2D eigenvalue weighted by Gasteiger charge is 2.53. The van der Waals surface area contributed by atoms with E-state index in [1.54, 1.807) is 6.08 Å². The van der Waals surface area contributed by atoms with Crippen molar-refractivity contribution < 1.29 is 89.4 Å². The van der Waals surface area contributed by atoms with Gasteiger partial charge in [0.25, 0.3) is 0 Å². The molecule has 19 nitrogen and oxygen atoms in total. The van der Waals surface area contributed by atoms with E-state index in [9.17, 15) is 61.0 Å². The van der Waals surface area contributed by atoms with Crippen molar-refractivity contribution in [3.63, 3.8) is 0 Å². The summed E-state index contributed by atoms with van der Waals surface area (Å²) in [6.45, 7) is 1.65. The Balaban J connectivity index is 1.27. The fraction of sp³-hybridized carbons (Fsp3) is 0.835. The molecule has 3 aliphatic rings. The van der Waals surface area contributed by atoms with Crippen LogP contribution in [0.1, 0.15) is 290 Å². The monoisotopic (exact) mass is 1390 g/mol. The van der Waals surface area contributed by atoms with Crippen LogP contribution in [0.3, 0.4) is 0 Å². The molecule has 0 aromatic rings. The molecule has 3 heterocycles. The molecule has 0 spiro atoms. The molecule has 17 atom stereocenters. The smallest absolute Gasteiger partial charge is 0.220 e. The predicted molar refractivity (Wildman–Crippen MR) is 388 cm³/mol. The van der Waals surface area contributed by atoms with Gasteiger partial charge in [0.15, 0.2) is 18.9 Å². The Morgan fingerprint density at radius 1 is 0.367 bits per heavy atom. The summed E-state index contributed by atoms with van der Waals surface area (Å²) in [6.07, 6.45) is 50.9. The molecule has 0 aliphatic carbocycles. The second-order valence-corrected chi connectivity index (χ2v) is 27.8. The Kier molecular flexibility index (Phi) is 54.4. The van der Waals surface area contributed by atoms with Gasteiger partial charge in [0.05, 0.1) is 38.6 Å². The van der Waals surface area contributed by atoms with Crippen LogP contribution in [-0.2, 0) is 33.2 Å². The number of hydrogen-bond acceptors (Lipinski definition) is 18. The number of carbonyl (C=O) groups excluding carboxylic acids is 1. The van der Waals surface area contributed by atoms with Gasteiger partial charge in [-0.2, -0.15) is 0 Å². The summed E-state index contributed by atoms with van der Waals surface area (Å²) in [5.74, 6) is -0.288. The van der Waals surface area contributed by atoms with E-state index < -0.39 is 124 Å². The average molecular weight is 1390 g/mol. The summed E-state index contributed by atoms with van der Waals surface area (Å²) < 4.78 is 34.3. The minimum atomic E-state index is -1.98. The largest absolute Gasteiger partial charge is 0.394 e. The molecule has 98 heavy (non-hydrogen) atoms. The summed E-state index contributed by atoms with van der Waals surface area (Å²) in [5.41, 5.74) is 0. The molecule has 12 N–H and O–H groups in total. The minimum Gasteiger partial charge on any atom is -0.394 e. The molecular weight excluding hydrogens is 1250 g/mol. The number of amides is 1. The van der Waals surface area contributed by atoms with Crippen molar-refractivity contribution in [1.29, 1.82) is 0 Å². The van der Waals surface area contributed by atoms with Crippen LogP contribution >= 0.6 is 0 Å². The predicted octanol–water partition coefficient (Wildman–Crippen LogP) is 12.4. The van der Waals surface area contributed by atoms with Gasteiger partial charge in [0.1, 0.15) is 73.2 Å². The molecule has 1 amide bonds. The van der Waals surface area contributed by atoms with Gasteiger partial charge in [-0.3, -0.25) is 4.79 Å². The van der Waals surface area contributed by atoms with Crippen molar-refractivity contribution in [2.45, 2.75) is 394 Å². The molecule has 0 saturated carbocycles. The molecular formula is C79H141NO18. The Bertz CT molecular complexity index is 2050. The van der Waals surface area contributed by atoms with Crippen LogP contribution in [-0.4, -0.2) is 193 Å². The third kappa shape index (κ3) is 39.8. The van der Waals surface area contributed by atoms with E-state index in [0.29, 0.717) is 12.8 Å². The standard InChI is InChI=1S/C79H141NO18/c1-3-5-7-9-11-13-15-17-18-19-20-21-22-23-24-25-26-27-28-29-30-31-32-33-34-35-36-37-38-39-40-41-42-43-44-45-47-49-51-53-55-57-67(85)80-62(63(84)56-54-52-50-48-46-16-14-12-10-8-6-4-2)61-93-77-73(91)70(88)75(65(59-82)95-77)98-79-74(92)71(89)76(66(60-83)96-79)97-78-72(90)69(87)68(86)64(58-81)94-78/h10,12,15,17,19-20,22-23,46,48,54,56,62-66,68-79,81-84,86-92H,3-9,11,13-14,16,18,21,24-45,47,49-53,55,57-61H2,1-2H3,(H,80,85)/b12-10+,17-15-,20-19-,23-22-,48-46+,56-54+. The van der Waals surface area contributed by atoms with Crippen LogP contribution in [0, 0.1) is 0 Å². The van der Waals surface area contributed by atoms with Crippen molar-refractivity contribution in [2.75, 3.05) is 26.4 Å². The van der Waals surface area contributed by atoms with E-state index in [2.05, 4.69) is 79.9 Å². The Hall–Kier alpha value is -2.77. The highest BCUT2D eigenvalue weighted by Crippen LogP contribution is 2.33. The first-order valence-corrected chi connectivity index (χ1v) is 39.2. The highest BCUT2D eigenvalue weighted by molar-refractivity contribution is 5.76. The van der Waals surface area contributed by atoms with Gasteiger partial charge in [-0.1, -0.05) is 279 Å². The third-order valence-corrected chi connectivity index (χ3v) is 19.2. The van der Waals surface area contributed by atoms with E-state index in [1.807, 2.05) is 6.08 Å². The van der Waals surface area contributed by atoms with Crippen molar-refractivity contribution in [2.24, 2.45) is 0 Å². The normalized spacial score (nSPS) is 27.1. The maximum atomic E-state index is 13.4. The topological polar surface area (TPSA) is 307 Å². The maximum absolute atomic E-state index is 13.4. The van der Waals surface area contributed by atoms with Crippen LogP contribution in [0.4, 0.5) is 0 Å². The van der Waals surface area contributed by atoms with Gasteiger partial charge >= 0.3 is 0 Å². The van der Waals surface area contributed by atoms with Crippen molar-refractivity contribution in [3.05, 3.63) is 72.9 Å². The number of hydrogen-bond donors (Lipinski definition) is 12. The fourth-order valence-electron chi connectivity index (χ4n) is 12.9. The molecule has 19 heteroatoms. The number of allylic oxidation sites excluding steroid dienone is 11. The summed E-state index contributed by atoms with van der Waals surface area (Å²) in [5, 5.41) is 120. The van der Waals surface area contributed by atoms with Crippen LogP contribution < -0.4 is 5.32 Å². The fourth-order valence-corrected chi connectivity index (χ4v) is 12.9. The van der Waals surface area contributed by atoms with Crippen LogP contribution in [0.25, 0.3) is 0 Å². The summed E-state index contributed by atoms with van der Waals surface area (Å²) in [7, 11) is 0. The van der Waals surface area contributed by atoms with Crippen LogP contribution in [0.5, 0.6) is 0 Å². The molecule has 3 saturated heterocycles. The quantitative estimate of drug-likeness (QED) is 0.0199. The van der Waals surface area contributed by atoms with Gasteiger partial charge in [-0.15, -0.1) is 0 Å². The van der Waals surface area contributed by atoms with E-state index in [1.165, 1.54) is 199 Å². The Labute approximate surface area is 591 Å². The van der Waals surface area contributed by atoms with Gasteiger partial charge in [0.2, 0.25) is 5.91 Å². The SMILES string of the molecule is CCCC/C=C/CC/C=C/CC/C=C/C(O)C(COC1OC(CO)C(OC2OC(CO)C(OC3OC(CO)C(O)C(O)C3O)C(O)C2O)C(O)C1O)NC(=O)CCCCCCCCCCCCCCCCCCCCCCCCCCCC/C=C\C/C=C\C/C=C\CCCCCCC. The number of ether oxygens (including phenoxy) is 6. The average Bonchev–Trinajstić information content (AvgIpc) is 0.785.